The van der Waals surface area contributed by atoms with Crippen LogP contribution in [0, 0.1) is 0 Å². The number of hydrogen-bond acceptors (Lipinski definition) is 4. The molecular formula is C17H34NO5+. The highest BCUT2D eigenvalue weighted by Gasteiger charge is 2.35. The second kappa shape index (κ2) is 13.5. The lowest BCUT2D eigenvalue weighted by Gasteiger charge is -2.26. The van der Waals surface area contributed by atoms with Gasteiger partial charge in [-0.1, -0.05) is 6.92 Å². The number of carbonyl (C=O) groups is 2. The van der Waals surface area contributed by atoms with Crippen LogP contribution >= 0.6 is 0 Å². The van der Waals surface area contributed by atoms with Gasteiger partial charge < -0.3 is 14.9 Å². The quantitative estimate of drug-likeness (QED) is 0.447. The van der Waals surface area contributed by atoms with Gasteiger partial charge in [-0.05, 0) is 32.1 Å². The van der Waals surface area contributed by atoms with Crippen LogP contribution in [-0.2, 0) is 14.3 Å². The SMILES string of the molecule is CCCOCCCO.C[N+]1(CCCCCC(=O)O)CCCC1=O. The zero-order valence-electron chi connectivity index (χ0n) is 14.8. The molecule has 0 saturated carbocycles. The normalized spacial score (nSPS) is 20.2. The van der Waals surface area contributed by atoms with E-state index in [4.69, 9.17) is 14.9 Å². The van der Waals surface area contributed by atoms with Crippen LogP contribution in [0.25, 0.3) is 0 Å². The molecule has 6 heteroatoms. The molecule has 1 unspecified atom stereocenters. The lowest BCUT2D eigenvalue weighted by Crippen LogP contribution is -2.45. The van der Waals surface area contributed by atoms with E-state index >= 15 is 0 Å². The van der Waals surface area contributed by atoms with Crippen molar-refractivity contribution in [2.45, 2.75) is 58.3 Å². The maximum Gasteiger partial charge on any atom is 0.313 e. The summed E-state index contributed by atoms with van der Waals surface area (Å²) in [5.74, 6) is -0.388. The molecule has 1 fully saturated rings. The molecule has 0 aliphatic carbocycles. The van der Waals surface area contributed by atoms with Gasteiger partial charge in [-0.25, -0.2) is 4.79 Å². The third-order valence-electron chi connectivity index (χ3n) is 3.98. The fourth-order valence-electron chi connectivity index (χ4n) is 2.54. The van der Waals surface area contributed by atoms with Crippen LogP contribution in [0.3, 0.4) is 0 Å². The molecular weight excluding hydrogens is 298 g/mol. The number of aliphatic hydroxyl groups is 1. The van der Waals surface area contributed by atoms with Crippen molar-refractivity contribution in [2.24, 2.45) is 0 Å². The Morgan fingerprint density at radius 2 is 1.96 bits per heavy atom. The summed E-state index contributed by atoms with van der Waals surface area (Å²) in [5.41, 5.74) is 0. The molecule has 136 valence electrons. The number of carboxylic acids is 1. The molecule has 2 N–H and O–H groups in total. The topological polar surface area (TPSA) is 83.8 Å². The van der Waals surface area contributed by atoms with E-state index in [0.29, 0.717) is 23.4 Å². The van der Waals surface area contributed by atoms with Crippen molar-refractivity contribution in [3.63, 3.8) is 0 Å². The summed E-state index contributed by atoms with van der Waals surface area (Å²) in [6.45, 7) is 5.66. The number of hydrogen-bond donors (Lipinski definition) is 2. The number of nitrogens with zero attached hydrogens (tertiary/aromatic N) is 1. The van der Waals surface area contributed by atoms with Gasteiger partial charge in [0.05, 0.1) is 26.6 Å². The zero-order valence-corrected chi connectivity index (χ0v) is 14.8. The number of amides is 1. The average Bonchev–Trinajstić information content (AvgIpc) is 2.83. The lowest BCUT2D eigenvalue weighted by atomic mass is 10.2. The summed E-state index contributed by atoms with van der Waals surface area (Å²) < 4.78 is 5.63. The first-order valence-corrected chi connectivity index (χ1v) is 8.74. The van der Waals surface area contributed by atoms with Crippen LogP contribution in [0.4, 0.5) is 0 Å². The Morgan fingerprint density at radius 3 is 2.48 bits per heavy atom. The van der Waals surface area contributed by atoms with Crippen LogP contribution < -0.4 is 0 Å². The maximum atomic E-state index is 11.5. The van der Waals surface area contributed by atoms with Crippen LogP contribution in [0.2, 0.25) is 0 Å². The summed E-state index contributed by atoms with van der Waals surface area (Å²) in [5, 5.41) is 16.7. The molecule has 0 aromatic rings. The van der Waals surface area contributed by atoms with E-state index in [9.17, 15) is 9.59 Å². The minimum absolute atomic E-state index is 0.240. The van der Waals surface area contributed by atoms with Gasteiger partial charge in [-0.2, -0.15) is 0 Å². The van der Waals surface area contributed by atoms with Crippen molar-refractivity contribution in [1.29, 1.82) is 0 Å². The van der Waals surface area contributed by atoms with E-state index in [2.05, 4.69) is 6.92 Å². The first-order chi connectivity index (χ1) is 11.0. The molecule has 0 radical (unpaired) electrons. The van der Waals surface area contributed by atoms with E-state index in [0.717, 1.165) is 58.2 Å². The zero-order chi connectivity index (χ0) is 17.6. The van der Waals surface area contributed by atoms with Crippen LogP contribution in [0.5, 0.6) is 0 Å². The predicted octanol–water partition coefficient (Wildman–Crippen LogP) is 2.19. The Morgan fingerprint density at radius 1 is 1.22 bits per heavy atom. The van der Waals surface area contributed by atoms with Crippen molar-refractivity contribution in [3.8, 4) is 0 Å². The van der Waals surface area contributed by atoms with Gasteiger partial charge in [-0.15, -0.1) is 0 Å². The highest BCUT2D eigenvalue weighted by Crippen LogP contribution is 2.19. The summed E-state index contributed by atoms with van der Waals surface area (Å²) in [6, 6.07) is 0. The predicted molar refractivity (Wildman–Crippen MR) is 89.1 cm³/mol. The highest BCUT2D eigenvalue weighted by molar-refractivity contribution is 5.70. The van der Waals surface area contributed by atoms with Gasteiger partial charge in [0.1, 0.15) is 0 Å². The minimum Gasteiger partial charge on any atom is -0.481 e. The molecule has 1 atom stereocenters. The van der Waals surface area contributed by atoms with E-state index in [1.807, 2.05) is 7.05 Å². The number of unbranched alkanes of at least 4 members (excludes halogenated alkanes) is 2. The van der Waals surface area contributed by atoms with Crippen LogP contribution in [0.15, 0.2) is 0 Å². The second-order valence-electron chi connectivity index (χ2n) is 6.23. The Bertz CT molecular complexity index is 329. The van der Waals surface area contributed by atoms with Gasteiger partial charge in [0.15, 0.2) is 0 Å². The summed E-state index contributed by atoms with van der Waals surface area (Å²) >= 11 is 0. The number of aliphatic hydroxyl groups excluding tert-OH is 1. The number of quaternary nitrogens is 1. The van der Waals surface area contributed by atoms with Gasteiger partial charge in [-0.3, -0.25) is 9.28 Å². The minimum atomic E-state index is -0.729. The lowest BCUT2D eigenvalue weighted by molar-refractivity contribution is -0.826. The number of likely N-dealkylation sites (tertiary alicyclic amines) is 1. The van der Waals surface area contributed by atoms with Crippen molar-refractivity contribution in [2.75, 3.05) is 40.0 Å². The van der Waals surface area contributed by atoms with Crippen LogP contribution in [0.1, 0.15) is 58.3 Å². The molecule has 0 spiro atoms. The maximum absolute atomic E-state index is 11.5. The molecule has 1 saturated heterocycles. The number of carboxylic acid groups (broad SMARTS) is 1. The van der Waals surface area contributed by atoms with E-state index in [1.54, 1.807) is 0 Å². The second-order valence-corrected chi connectivity index (χ2v) is 6.23. The van der Waals surface area contributed by atoms with Crippen molar-refractivity contribution in [3.05, 3.63) is 0 Å². The Labute approximate surface area is 140 Å². The van der Waals surface area contributed by atoms with Crippen LogP contribution in [-0.4, -0.2) is 66.5 Å². The van der Waals surface area contributed by atoms with Crippen molar-refractivity contribution < 1.29 is 29.0 Å². The first-order valence-electron chi connectivity index (χ1n) is 8.74. The monoisotopic (exact) mass is 332 g/mol. The molecule has 6 nitrogen and oxygen atoms in total. The first kappa shape index (κ1) is 22.0. The molecule has 1 heterocycles. The molecule has 1 aliphatic rings. The van der Waals surface area contributed by atoms with Crippen molar-refractivity contribution in [1.82, 2.24) is 0 Å². The standard InChI is InChI=1S/C11H19NO3.C6H14O2/c1-12(9-5-6-10(12)13)8-4-2-3-7-11(14)15;1-2-5-8-6-3-4-7/h2-9H2,1H3;7H,2-6H2,1H3/p+1. The third-order valence-corrected chi connectivity index (χ3v) is 3.98. The van der Waals surface area contributed by atoms with E-state index in [1.165, 1.54) is 0 Å². The van der Waals surface area contributed by atoms with Gasteiger partial charge in [0.25, 0.3) is 0 Å². The Hall–Kier alpha value is -0.980. The largest absolute Gasteiger partial charge is 0.481 e. The molecule has 23 heavy (non-hydrogen) atoms. The molecule has 1 aliphatic heterocycles. The fourth-order valence-corrected chi connectivity index (χ4v) is 2.54. The van der Waals surface area contributed by atoms with E-state index in [-0.39, 0.29) is 13.0 Å². The van der Waals surface area contributed by atoms with Gasteiger partial charge >= 0.3 is 11.9 Å². The number of ether oxygens (including phenoxy) is 1. The molecule has 1 amide bonds. The summed E-state index contributed by atoms with van der Waals surface area (Å²) in [7, 11) is 1.99. The number of carbonyl (C=O) groups excluding carboxylic acids is 1. The average molecular weight is 332 g/mol. The number of rotatable bonds is 11. The smallest absolute Gasteiger partial charge is 0.313 e. The van der Waals surface area contributed by atoms with Gasteiger partial charge in [0, 0.05) is 32.7 Å². The molecule has 0 bridgehead atoms. The summed E-state index contributed by atoms with van der Waals surface area (Å²) in [4.78, 5) is 21.8. The number of aliphatic carboxylic acids is 1. The van der Waals surface area contributed by atoms with Crippen molar-refractivity contribution >= 4 is 11.9 Å². The van der Waals surface area contributed by atoms with Gasteiger partial charge in [0.2, 0.25) is 0 Å². The Balaban J connectivity index is 0.000000515. The highest BCUT2D eigenvalue weighted by atomic mass is 16.5. The summed E-state index contributed by atoms with van der Waals surface area (Å²) in [6.07, 6.45) is 6.38. The molecule has 0 aromatic carbocycles. The third kappa shape index (κ3) is 11.2. The fraction of sp³-hybridized carbons (Fsp3) is 0.882. The molecule has 0 aromatic heterocycles. The molecule has 1 rings (SSSR count). The van der Waals surface area contributed by atoms with E-state index < -0.39 is 5.97 Å². The Kier molecular flexibility index (Phi) is 12.9.